The Labute approximate surface area is 124 Å². The Bertz CT molecular complexity index is 572. The number of rotatable bonds is 5. The lowest BCUT2D eigenvalue weighted by Crippen LogP contribution is -2.09. The van der Waals surface area contributed by atoms with E-state index in [-0.39, 0.29) is 6.04 Å². The molecule has 0 saturated carbocycles. The smallest absolute Gasteiger partial charge is 0.218 e. The molecule has 4 nitrogen and oxygen atoms in total. The molecule has 106 valence electrons. The lowest BCUT2D eigenvalue weighted by Gasteiger charge is -2.16. The molecule has 0 amide bonds. The van der Waals surface area contributed by atoms with Gasteiger partial charge in [-0.2, -0.15) is 4.98 Å². The second kappa shape index (κ2) is 6.57. The molecular weight excluding hydrogens is 274 g/mol. The number of hydrogen-bond donors (Lipinski definition) is 1. The van der Waals surface area contributed by atoms with Gasteiger partial charge in [0.05, 0.1) is 6.61 Å². The van der Waals surface area contributed by atoms with E-state index in [1.807, 2.05) is 44.2 Å². The molecule has 0 aliphatic carbocycles. The largest absolute Gasteiger partial charge is 0.478 e. The van der Waals surface area contributed by atoms with E-state index in [2.05, 4.69) is 22.2 Å². The van der Waals surface area contributed by atoms with Crippen molar-refractivity contribution in [1.29, 1.82) is 0 Å². The predicted octanol–water partition coefficient (Wildman–Crippen LogP) is 4.01. The molecule has 1 N–H and O–H groups in total. The summed E-state index contributed by atoms with van der Waals surface area (Å²) in [6, 6.07) is 9.69. The molecule has 0 spiro atoms. The van der Waals surface area contributed by atoms with Crippen molar-refractivity contribution in [2.24, 2.45) is 0 Å². The zero-order valence-corrected chi connectivity index (χ0v) is 12.6. The van der Waals surface area contributed by atoms with Crippen LogP contribution in [-0.4, -0.2) is 16.6 Å². The molecule has 1 heterocycles. The highest BCUT2D eigenvalue weighted by Crippen LogP contribution is 2.21. The summed E-state index contributed by atoms with van der Waals surface area (Å²) in [5, 5.41) is 4.08. The SMILES string of the molecule is CCOc1cc(NC(C)c2ccc(Cl)cc2)nc(C)n1. The standard InChI is InChI=1S/C15H18ClN3O/c1-4-20-15-9-14(18-11(3)19-15)17-10(2)12-5-7-13(16)8-6-12/h5-10H,4H2,1-3H3,(H,17,18,19). The maximum atomic E-state index is 5.90. The first-order valence-corrected chi connectivity index (χ1v) is 6.96. The van der Waals surface area contributed by atoms with Crippen LogP contribution in [0.25, 0.3) is 0 Å². The third kappa shape index (κ3) is 3.84. The van der Waals surface area contributed by atoms with Gasteiger partial charge in [0.1, 0.15) is 11.6 Å². The van der Waals surface area contributed by atoms with E-state index >= 15 is 0 Å². The molecule has 1 atom stereocenters. The number of ether oxygens (including phenoxy) is 1. The first kappa shape index (κ1) is 14.6. The maximum Gasteiger partial charge on any atom is 0.218 e. The third-order valence-electron chi connectivity index (χ3n) is 2.84. The van der Waals surface area contributed by atoms with Crippen LogP contribution in [0.4, 0.5) is 5.82 Å². The van der Waals surface area contributed by atoms with Crippen molar-refractivity contribution < 1.29 is 4.74 Å². The van der Waals surface area contributed by atoms with Gasteiger partial charge in [0, 0.05) is 17.1 Å². The average Bonchev–Trinajstić information content (AvgIpc) is 2.39. The van der Waals surface area contributed by atoms with Crippen molar-refractivity contribution in [3.8, 4) is 5.88 Å². The Morgan fingerprint density at radius 3 is 2.60 bits per heavy atom. The van der Waals surface area contributed by atoms with E-state index in [4.69, 9.17) is 16.3 Å². The van der Waals surface area contributed by atoms with Gasteiger partial charge in [0.15, 0.2) is 0 Å². The van der Waals surface area contributed by atoms with E-state index in [1.165, 1.54) is 0 Å². The molecule has 0 bridgehead atoms. The Balaban J connectivity index is 2.14. The van der Waals surface area contributed by atoms with Gasteiger partial charge >= 0.3 is 0 Å². The quantitative estimate of drug-likeness (QED) is 0.904. The zero-order chi connectivity index (χ0) is 14.5. The second-order valence-electron chi connectivity index (χ2n) is 4.49. The molecule has 0 aliphatic heterocycles. The highest BCUT2D eigenvalue weighted by Gasteiger charge is 2.08. The van der Waals surface area contributed by atoms with Crippen LogP contribution in [0, 0.1) is 6.92 Å². The molecule has 1 unspecified atom stereocenters. The Morgan fingerprint density at radius 2 is 1.95 bits per heavy atom. The molecular formula is C15H18ClN3O. The number of nitrogens with zero attached hydrogens (tertiary/aromatic N) is 2. The highest BCUT2D eigenvalue weighted by molar-refractivity contribution is 6.30. The first-order valence-electron chi connectivity index (χ1n) is 6.59. The van der Waals surface area contributed by atoms with Crippen LogP contribution in [0.5, 0.6) is 5.88 Å². The van der Waals surface area contributed by atoms with Crippen LogP contribution in [-0.2, 0) is 0 Å². The monoisotopic (exact) mass is 291 g/mol. The molecule has 1 aromatic carbocycles. The fourth-order valence-electron chi connectivity index (χ4n) is 1.89. The van der Waals surface area contributed by atoms with Crippen molar-refractivity contribution in [3.05, 3.63) is 46.7 Å². The summed E-state index contributed by atoms with van der Waals surface area (Å²) in [7, 11) is 0. The van der Waals surface area contributed by atoms with E-state index in [0.717, 1.165) is 16.4 Å². The summed E-state index contributed by atoms with van der Waals surface area (Å²) in [6.45, 7) is 6.44. The number of aryl methyl sites for hydroxylation is 1. The van der Waals surface area contributed by atoms with Gasteiger partial charge in [-0.15, -0.1) is 0 Å². The van der Waals surface area contributed by atoms with Crippen LogP contribution < -0.4 is 10.1 Å². The summed E-state index contributed by atoms with van der Waals surface area (Å²) >= 11 is 5.90. The summed E-state index contributed by atoms with van der Waals surface area (Å²) in [4.78, 5) is 8.60. The molecule has 0 saturated heterocycles. The van der Waals surface area contributed by atoms with Gasteiger partial charge in [-0.05, 0) is 38.5 Å². The van der Waals surface area contributed by atoms with Gasteiger partial charge in [-0.1, -0.05) is 23.7 Å². The molecule has 0 radical (unpaired) electrons. The topological polar surface area (TPSA) is 47.0 Å². The van der Waals surface area contributed by atoms with Crippen molar-refractivity contribution in [2.75, 3.05) is 11.9 Å². The lowest BCUT2D eigenvalue weighted by atomic mass is 10.1. The number of anilines is 1. The van der Waals surface area contributed by atoms with Crippen LogP contribution in [0.1, 0.15) is 31.3 Å². The molecule has 2 rings (SSSR count). The Hall–Kier alpha value is -1.81. The van der Waals surface area contributed by atoms with E-state index < -0.39 is 0 Å². The van der Waals surface area contributed by atoms with Crippen molar-refractivity contribution in [1.82, 2.24) is 9.97 Å². The fourth-order valence-corrected chi connectivity index (χ4v) is 2.02. The number of aromatic nitrogens is 2. The van der Waals surface area contributed by atoms with Crippen LogP contribution in [0.3, 0.4) is 0 Å². The van der Waals surface area contributed by atoms with Crippen LogP contribution in [0.2, 0.25) is 5.02 Å². The first-order chi connectivity index (χ1) is 9.58. The van der Waals surface area contributed by atoms with Gasteiger partial charge in [-0.3, -0.25) is 0 Å². The zero-order valence-electron chi connectivity index (χ0n) is 11.9. The molecule has 0 aliphatic rings. The summed E-state index contributed by atoms with van der Waals surface area (Å²) in [6.07, 6.45) is 0. The molecule has 1 aromatic heterocycles. The van der Waals surface area contributed by atoms with Gasteiger partial charge < -0.3 is 10.1 Å². The fraction of sp³-hybridized carbons (Fsp3) is 0.333. The van der Waals surface area contributed by atoms with E-state index in [1.54, 1.807) is 0 Å². The van der Waals surface area contributed by atoms with E-state index in [9.17, 15) is 0 Å². The van der Waals surface area contributed by atoms with Gasteiger partial charge in [0.25, 0.3) is 0 Å². The van der Waals surface area contributed by atoms with Crippen molar-refractivity contribution in [2.45, 2.75) is 26.8 Å². The molecule has 5 heteroatoms. The predicted molar refractivity (Wildman–Crippen MR) is 81.4 cm³/mol. The Kier molecular flexibility index (Phi) is 4.79. The molecule has 2 aromatic rings. The van der Waals surface area contributed by atoms with Gasteiger partial charge in [0.2, 0.25) is 5.88 Å². The second-order valence-corrected chi connectivity index (χ2v) is 4.93. The molecule has 0 fully saturated rings. The summed E-state index contributed by atoms with van der Waals surface area (Å²) in [5.74, 6) is 2.02. The van der Waals surface area contributed by atoms with Gasteiger partial charge in [-0.25, -0.2) is 4.98 Å². The third-order valence-corrected chi connectivity index (χ3v) is 3.09. The minimum Gasteiger partial charge on any atom is -0.478 e. The summed E-state index contributed by atoms with van der Waals surface area (Å²) in [5.41, 5.74) is 1.14. The average molecular weight is 292 g/mol. The number of hydrogen-bond acceptors (Lipinski definition) is 4. The van der Waals surface area contributed by atoms with Crippen molar-refractivity contribution >= 4 is 17.4 Å². The normalized spacial score (nSPS) is 12.0. The highest BCUT2D eigenvalue weighted by atomic mass is 35.5. The number of nitrogens with one attached hydrogen (secondary N) is 1. The number of halogens is 1. The number of benzene rings is 1. The minimum absolute atomic E-state index is 0.121. The van der Waals surface area contributed by atoms with Crippen molar-refractivity contribution in [3.63, 3.8) is 0 Å². The van der Waals surface area contributed by atoms with E-state index in [0.29, 0.717) is 18.3 Å². The Morgan fingerprint density at radius 1 is 1.25 bits per heavy atom. The maximum absolute atomic E-state index is 5.90. The minimum atomic E-state index is 0.121. The van der Waals surface area contributed by atoms with Crippen LogP contribution >= 0.6 is 11.6 Å². The molecule has 20 heavy (non-hydrogen) atoms. The lowest BCUT2D eigenvalue weighted by molar-refractivity contribution is 0.325. The van der Waals surface area contributed by atoms with Crippen LogP contribution in [0.15, 0.2) is 30.3 Å². The summed E-state index contributed by atoms with van der Waals surface area (Å²) < 4.78 is 5.42.